The van der Waals surface area contributed by atoms with Gasteiger partial charge in [0, 0.05) is 0 Å². The number of amides is 1. The number of carbonyl (C=O) groups excluding carboxylic acids is 1. The molecule has 1 amide bonds. The first kappa shape index (κ1) is 11.9. The van der Waals surface area contributed by atoms with Gasteiger partial charge in [0.2, 0.25) is 5.91 Å². The van der Waals surface area contributed by atoms with Crippen LogP contribution in [0.4, 0.5) is 5.69 Å². The highest BCUT2D eigenvalue weighted by atomic mass is 16.3. The molecule has 0 saturated heterocycles. The summed E-state index contributed by atoms with van der Waals surface area (Å²) in [6, 6.07) is 3.58. The van der Waals surface area contributed by atoms with Crippen molar-refractivity contribution in [2.24, 2.45) is 0 Å². The van der Waals surface area contributed by atoms with Gasteiger partial charge in [-0.15, -0.1) is 0 Å². The van der Waals surface area contributed by atoms with E-state index in [4.69, 9.17) is 0 Å². The van der Waals surface area contributed by atoms with Gasteiger partial charge in [0.15, 0.2) is 0 Å². The first-order chi connectivity index (χ1) is 8.08. The SMILES string of the molecule is CN(C)CCCc1ccc(O)c2c1CC(=O)N2. The number of benzene rings is 1. The zero-order chi connectivity index (χ0) is 12.4. The summed E-state index contributed by atoms with van der Waals surface area (Å²) in [5.74, 6) is 0.137. The number of nitrogens with zero attached hydrogens (tertiary/aromatic N) is 1. The predicted octanol–water partition coefficient (Wildman–Crippen LogP) is 1.38. The van der Waals surface area contributed by atoms with E-state index in [1.54, 1.807) is 6.07 Å². The largest absolute Gasteiger partial charge is 0.506 e. The molecule has 1 aliphatic heterocycles. The van der Waals surface area contributed by atoms with Crippen molar-refractivity contribution in [2.75, 3.05) is 26.0 Å². The van der Waals surface area contributed by atoms with Gasteiger partial charge in [-0.2, -0.15) is 0 Å². The molecular formula is C13H18N2O2. The lowest BCUT2D eigenvalue weighted by Crippen LogP contribution is -2.13. The zero-order valence-corrected chi connectivity index (χ0v) is 10.3. The first-order valence-electron chi connectivity index (χ1n) is 5.86. The van der Waals surface area contributed by atoms with E-state index in [-0.39, 0.29) is 11.7 Å². The number of carbonyl (C=O) groups is 1. The van der Waals surface area contributed by atoms with E-state index in [0.717, 1.165) is 30.5 Å². The molecule has 4 heteroatoms. The number of phenols is 1. The molecule has 0 fully saturated rings. The predicted molar refractivity (Wildman–Crippen MR) is 67.3 cm³/mol. The topological polar surface area (TPSA) is 52.6 Å². The summed E-state index contributed by atoms with van der Waals surface area (Å²) in [6.45, 7) is 1.02. The van der Waals surface area contributed by atoms with Gasteiger partial charge >= 0.3 is 0 Å². The summed E-state index contributed by atoms with van der Waals surface area (Å²) < 4.78 is 0. The molecule has 1 aromatic carbocycles. The quantitative estimate of drug-likeness (QED) is 0.774. The minimum atomic E-state index is -0.0321. The normalized spacial score (nSPS) is 13.9. The van der Waals surface area contributed by atoms with Crippen LogP contribution in [0.3, 0.4) is 0 Å². The number of aryl methyl sites for hydroxylation is 1. The molecule has 0 aliphatic carbocycles. The smallest absolute Gasteiger partial charge is 0.228 e. The Kier molecular flexibility index (Phi) is 3.33. The lowest BCUT2D eigenvalue weighted by atomic mass is 10.00. The summed E-state index contributed by atoms with van der Waals surface area (Å²) in [7, 11) is 4.10. The van der Waals surface area contributed by atoms with Gasteiger partial charge in [0.05, 0.1) is 12.1 Å². The third kappa shape index (κ3) is 2.58. The zero-order valence-electron chi connectivity index (χ0n) is 10.3. The molecule has 1 aromatic rings. The van der Waals surface area contributed by atoms with E-state index in [2.05, 4.69) is 10.2 Å². The van der Waals surface area contributed by atoms with Crippen LogP contribution in [0.1, 0.15) is 17.5 Å². The first-order valence-corrected chi connectivity index (χ1v) is 5.86. The van der Waals surface area contributed by atoms with E-state index in [0.29, 0.717) is 12.1 Å². The monoisotopic (exact) mass is 234 g/mol. The number of anilines is 1. The lowest BCUT2D eigenvalue weighted by Gasteiger charge is -2.11. The molecule has 0 unspecified atom stereocenters. The molecule has 1 heterocycles. The van der Waals surface area contributed by atoms with E-state index >= 15 is 0 Å². The number of fused-ring (bicyclic) bond motifs is 1. The number of phenolic OH excluding ortho intramolecular Hbond substituents is 1. The number of nitrogens with one attached hydrogen (secondary N) is 1. The summed E-state index contributed by atoms with van der Waals surface area (Å²) in [5.41, 5.74) is 2.74. The number of aromatic hydroxyl groups is 1. The standard InChI is InChI=1S/C13H18N2O2/c1-15(2)7-3-4-9-5-6-11(16)13-10(9)8-12(17)14-13/h5-6,16H,3-4,7-8H2,1-2H3,(H,14,17). The van der Waals surface area contributed by atoms with Crippen LogP contribution < -0.4 is 5.32 Å². The Balaban J connectivity index is 2.14. The van der Waals surface area contributed by atoms with Crippen LogP contribution in [0, 0.1) is 0 Å². The fourth-order valence-electron chi connectivity index (χ4n) is 2.18. The van der Waals surface area contributed by atoms with Crippen molar-refractivity contribution in [3.8, 4) is 5.75 Å². The Morgan fingerprint density at radius 2 is 2.18 bits per heavy atom. The highest BCUT2D eigenvalue weighted by Gasteiger charge is 2.23. The van der Waals surface area contributed by atoms with Crippen LogP contribution in [0.2, 0.25) is 0 Å². The van der Waals surface area contributed by atoms with Crippen molar-refractivity contribution >= 4 is 11.6 Å². The molecule has 0 spiro atoms. The van der Waals surface area contributed by atoms with E-state index in [9.17, 15) is 9.90 Å². The molecule has 0 atom stereocenters. The maximum absolute atomic E-state index is 11.4. The fraction of sp³-hybridized carbons (Fsp3) is 0.462. The lowest BCUT2D eigenvalue weighted by molar-refractivity contribution is -0.115. The van der Waals surface area contributed by atoms with Gasteiger partial charge in [-0.3, -0.25) is 4.79 Å². The third-order valence-electron chi connectivity index (χ3n) is 3.04. The number of hydrogen-bond donors (Lipinski definition) is 2. The summed E-state index contributed by atoms with van der Waals surface area (Å²) in [6.07, 6.45) is 2.38. The van der Waals surface area contributed by atoms with Crippen molar-refractivity contribution in [2.45, 2.75) is 19.3 Å². The average molecular weight is 234 g/mol. The van der Waals surface area contributed by atoms with E-state index in [1.165, 1.54) is 0 Å². The van der Waals surface area contributed by atoms with Crippen molar-refractivity contribution in [1.29, 1.82) is 0 Å². The van der Waals surface area contributed by atoms with Gasteiger partial charge in [0.1, 0.15) is 5.75 Å². The maximum atomic E-state index is 11.4. The molecule has 0 radical (unpaired) electrons. The molecule has 0 bridgehead atoms. The van der Waals surface area contributed by atoms with Crippen molar-refractivity contribution in [3.63, 3.8) is 0 Å². The summed E-state index contributed by atoms with van der Waals surface area (Å²) in [5, 5.41) is 12.4. The molecule has 1 aliphatic rings. The van der Waals surface area contributed by atoms with E-state index in [1.807, 2.05) is 20.2 Å². The highest BCUT2D eigenvalue weighted by Crippen LogP contribution is 2.35. The minimum absolute atomic E-state index is 0.0321. The van der Waals surface area contributed by atoms with Gasteiger partial charge in [-0.05, 0) is 50.7 Å². The van der Waals surface area contributed by atoms with Crippen LogP contribution in [0.5, 0.6) is 5.75 Å². The Morgan fingerprint density at radius 3 is 2.88 bits per heavy atom. The Bertz CT molecular complexity index is 441. The molecule has 0 saturated carbocycles. The van der Waals surface area contributed by atoms with Crippen LogP contribution in [0.15, 0.2) is 12.1 Å². The van der Waals surface area contributed by atoms with Gasteiger partial charge in [0.25, 0.3) is 0 Å². The molecule has 2 N–H and O–H groups in total. The van der Waals surface area contributed by atoms with Gasteiger partial charge in [-0.1, -0.05) is 6.07 Å². The molecule has 4 nitrogen and oxygen atoms in total. The van der Waals surface area contributed by atoms with Crippen molar-refractivity contribution < 1.29 is 9.90 Å². The minimum Gasteiger partial charge on any atom is -0.506 e. The van der Waals surface area contributed by atoms with Crippen LogP contribution in [0.25, 0.3) is 0 Å². The average Bonchev–Trinajstić information content (AvgIpc) is 2.64. The molecule has 92 valence electrons. The molecule has 17 heavy (non-hydrogen) atoms. The van der Waals surface area contributed by atoms with Gasteiger partial charge in [-0.25, -0.2) is 0 Å². The van der Waals surface area contributed by atoms with Crippen LogP contribution in [-0.4, -0.2) is 36.6 Å². The van der Waals surface area contributed by atoms with Crippen LogP contribution >= 0.6 is 0 Å². The highest BCUT2D eigenvalue weighted by molar-refractivity contribution is 6.01. The maximum Gasteiger partial charge on any atom is 0.228 e. The second-order valence-corrected chi connectivity index (χ2v) is 4.73. The Morgan fingerprint density at radius 1 is 1.41 bits per heavy atom. The Labute approximate surface area is 101 Å². The summed E-state index contributed by atoms with van der Waals surface area (Å²) >= 11 is 0. The molecule has 0 aromatic heterocycles. The van der Waals surface area contributed by atoms with Crippen LogP contribution in [-0.2, 0) is 17.6 Å². The Hall–Kier alpha value is -1.55. The third-order valence-corrected chi connectivity index (χ3v) is 3.04. The second kappa shape index (κ2) is 4.75. The number of rotatable bonds is 4. The molecule has 2 rings (SSSR count). The van der Waals surface area contributed by atoms with Gasteiger partial charge < -0.3 is 15.3 Å². The fourth-order valence-corrected chi connectivity index (χ4v) is 2.18. The van der Waals surface area contributed by atoms with Crippen molar-refractivity contribution in [3.05, 3.63) is 23.3 Å². The van der Waals surface area contributed by atoms with E-state index < -0.39 is 0 Å². The molecular weight excluding hydrogens is 216 g/mol. The second-order valence-electron chi connectivity index (χ2n) is 4.73. The number of hydrogen-bond acceptors (Lipinski definition) is 3. The van der Waals surface area contributed by atoms with Crippen molar-refractivity contribution in [1.82, 2.24) is 4.90 Å². The summed E-state index contributed by atoms with van der Waals surface area (Å²) in [4.78, 5) is 13.5.